The fourth-order valence-corrected chi connectivity index (χ4v) is 2.89. The van der Waals surface area contributed by atoms with Gasteiger partial charge < -0.3 is 5.32 Å². The first-order valence-corrected chi connectivity index (χ1v) is 7.30. The molecule has 2 aromatic carbocycles. The fraction of sp³-hybridized carbons (Fsp3) is 0.0769. The van der Waals surface area contributed by atoms with Crippen molar-refractivity contribution >= 4 is 63.7 Å². The van der Waals surface area contributed by atoms with Crippen molar-refractivity contribution in [3.63, 3.8) is 0 Å². The average Bonchev–Trinajstić information content (AvgIpc) is 2.36. The lowest BCUT2D eigenvalue weighted by molar-refractivity contribution is 0.628. The Kier molecular flexibility index (Phi) is 5.27. The van der Waals surface area contributed by atoms with Crippen LogP contribution in [0.15, 0.2) is 24.3 Å². The van der Waals surface area contributed by atoms with E-state index in [1.807, 2.05) is 0 Å². The first-order chi connectivity index (χ1) is 9.40. The summed E-state index contributed by atoms with van der Waals surface area (Å²) in [6, 6.07) is 5.57. The van der Waals surface area contributed by atoms with E-state index in [1.54, 1.807) is 12.1 Å². The second kappa shape index (κ2) is 6.59. The molecule has 0 atom stereocenters. The molecule has 2 rings (SSSR count). The molecule has 106 valence electrons. The molecular formula is C13H7Cl5FN. The van der Waals surface area contributed by atoms with Crippen LogP contribution in [0.1, 0.15) is 5.56 Å². The van der Waals surface area contributed by atoms with Gasteiger partial charge in [0.05, 0.1) is 25.8 Å². The molecule has 0 radical (unpaired) electrons. The average molecular weight is 373 g/mol. The Labute approximate surface area is 140 Å². The third-order valence-corrected chi connectivity index (χ3v) is 4.38. The van der Waals surface area contributed by atoms with Gasteiger partial charge in [0, 0.05) is 17.1 Å². The topological polar surface area (TPSA) is 12.0 Å². The molecule has 20 heavy (non-hydrogen) atoms. The quantitative estimate of drug-likeness (QED) is 0.590. The summed E-state index contributed by atoms with van der Waals surface area (Å²) in [5, 5.41) is 4.52. The van der Waals surface area contributed by atoms with Crippen LogP contribution in [-0.4, -0.2) is 0 Å². The van der Waals surface area contributed by atoms with E-state index in [-0.39, 0.29) is 16.6 Å². The summed E-state index contributed by atoms with van der Waals surface area (Å²) >= 11 is 29.9. The molecule has 2 aromatic rings. The van der Waals surface area contributed by atoms with E-state index in [0.717, 1.165) is 12.1 Å². The highest BCUT2D eigenvalue weighted by Gasteiger charge is 2.12. The Bertz CT molecular complexity index is 636. The first-order valence-electron chi connectivity index (χ1n) is 5.41. The van der Waals surface area contributed by atoms with Crippen LogP contribution in [0.25, 0.3) is 0 Å². The third-order valence-electron chi connectivity index (χ3n) is 2.59. The maximum atomic E-state index is 13.1. The van der Waals surface area contributed by atoms with Crippen molar-refractivity contribution in [1.82, 2.24) is 0 Å². The summed E-state index contributed by atoms with van der Waals surface area (Å²) in [6.07, 6.45) is 0. The fourth-order valence-electron chi connectivity index (χ4n) is 1.62. The summed E-state index contributed by atoms with van der Waals surface area (Å²) in [5.74, 6) is -0.510. The molecule has 1 nitrogen and oxygen atoms in total. The summed E-state index contributed by atoms with van der Waals surface area (Å²) in [7, 11) is 0. The highest BCUT2D eigenvalue weighted by atomic mass is 35.5. The number of nitrogens with one attached hydrogen (secondary N) is 1. The molecule has 0 saturated carbocycles. The lowest BCUT2D eigenvalue weighted by atomic mass is 10.2. The standard InChI is InChI=1S/C13H7Cl5FN/c14-8-1-2-9(15)12(18)7(8)5-20-13-10(16)3-6(19)4-11(13)17/h1-4,20H,5H2. The molecule has 0 aliphatic carbocycles. The SMILES string of the molecule is Fc1cc(Cl)c(NCc2c(Cl)ccc(Cl)c2Cl)c(Cl)c1. The van der Waals surface area contributed by atoms with Crippen molar-refractivity contribution in [2.45, 2.75) is 6.54 Å². The van der Waals surface area contributed by atoms with E-state index in [9.17, 15) is 4.39 Å². The van der Waals surface area contributed by atoms with E-state index in [1.165, 1.54) is 0 Å². The first kappa shape index (κ1) is 16.0. The van der Waals surface area contributed by atoms with Crippen LogP contribution in [0.3, 0.4) is 0 Å². The van der Waals surface area contributed by atoms with Crippen LogP contribution in [0.4, 0.5) is 10.1 Å². The molecule has 1 N–H and O–H groups in total. The van der Waals surface area contributed by atoms with E-state index < -0.39 is 5.82 Å². The van der Waals surface area contributed by atoms with Crippen LogP contribution < -0.4 is 5.32 Å². The monoisotopic (exact) mass is 371 g/mol. The largest absolute Gasteiger partial charge is 0.378 e. The number of halogens is 6. The highest BCUT2D eigenvalue weighted by Crippen LogP contribution is 2.35. The van der Waals surface area contributed by atoms with Gasteiger partial charge in [0.2, 0.25) is 0 Å². The number of benzene rings is 2. The van der Waals surface area contributed by atoms with Gasteiger partial charge in [-0.3, -0.25) is 0 Å². The molecule has 0 aliphatic rings. The van der Waals surface area contributed by atoms with Gasteiger partial charge in [-0.05, 0) is 24.3 Å². The zero-order valence-electron chi connectivity index (χ0n) is 9.78. The van der Waals surface area contributed by atoms with Gasteiger partial charge in [0.15, 0.2) is 0 Å². The smallest absolute Gasteiger partial charge is 0.126 e. The zero-order valence-corrected chi connectivity index (χ0v) is 13.6. The number of anilines is 1. The van der Waals surface area contributed by atoms with Gasteiger partial charge in [0.25, 0.3) is 0 Å². The predicted octanol–water partition coefficient (Wildman–Crippen LogP) is 6.70. The van der Waals surface area contributed by atoms with E-state index in [4.69, 9.17) is 58.0 Å². The predicted molar refractivity (Wildman–Crippen MR) is 85.2 cm³/mol. The molecule has 0 bridgehead atoms. The lowest BCUT2D eigenvalue weighted by Crippen LogP contribution is -2.02. The zero-order chi connectivity index (χ0) is 14.9. The molecule has 0 amide bonds. The van der Waals surface area contributed by atoms with Crippen molar-refractivity contribution in [2.75, 3.05) is 5.32 Å². The second-order valence-corrected chi connectivity index (χ2v) is 5.93. The van der Waals surface area contributed by atoms with Crippen molar-refractivity contribution in [2.24, 2.45) is 0 Å². The normalized spacial score (nSPS) is 10.7. The molecule has 0 aromatic heterocycles. The molecule has 0 unspecified atom stereocenters. The number of hydrogen-bond acceptors (Lipinski definition) is 1. The van der Waals surface area contributed by atoms with Gasteiger partial charge >= 0.3 is 0 Å². The maximum Gasteiger partial charge on any atom is 0.126 e. The third kappa shape index (κ3) is 3.44. The van der Waals surface area contributed by atoms with Crippen LogP contribution in [-0.2, 0) is 6.54 Å². The Morgan fingerprint density at radius 2 is 1.40 bits per heavy atom. The highest BCUT2D eigenvalue weighted by molar-refractivity contribution is 6.44. The minimum Gasteiger partial charge on any atom is -0.378 e. The van der Waals surface area contributed by atoms with Crippen molar-refractivity contribution in [1.29, 1.82) is 0 Å². The van der Waals surface area contributed by atoms with Gasteiger partial charge in [-0.2, -0.15) is 0 Å². The lowest BCUT2D eigenvalue weighted by Gasteiger charge is -2.13. The van der Waals surface area contributed by atoms with E-state index in [0.29, 0.717) is 26.3 Å². The van der Waals surface area contributed by atoms with E-state index in [2.05, 4.69) is 5.32 Å². The van der Waals surface area contributed by atoms with Crippen molar-refractivity contribution in [3.05, 3.63) is 60.8 Å². The van der Waals surface area contributed by atoms with Crippen molar-refractivity contribution in [3.8, 4) is 0 Å². The van der Waals surface area contributed by atoms with Crippen LogP contribution >= 0.6 is 58.0 Å². The molecule has 0 heterocycles. The summed E-state index contributed by atoms with van der Waals surface area (Å²) < 4.78 is 13.1. The molecule has 0 fully saturated rings. The molecule has 0 spiro atoms. The van der Waals surface area contributed by atoms with Gasteiger partial charge in [-0.15, -0.1) is 0 Å². The van der Waals surface area contributed by atoms with Gasteiger partial charge in [-0.1, -0.05) is 58.0 Å². The molecular weight excluding hydrogens is 366 g/mol. The summed E-state index contributed by atoms with van der Waals surface area (Å²) in [6.45, 7) is 0.253. The van der Waals surface area contributed by atoms with E-state index >= 15 is 0 Å². The summed E-state index contributed by atoms with van der Waals surface area (Å²) in [5.41, 5.74) is 1.01. The van der Waals surface area contributed by atoms with Gasteiger partial charge in [-0.25, -0.2) is 4.39 Å². The van der Waals surface area contributed by atoms with Crippen molar-refractivity contribution < 1.29 is 4.39 Å². The molecule has 7 heteroatoms. The van der Waals surface area contributed by atoms with Crippen LogP contribution in [0.2, 0.25) is 25.1 Å². The Morgan fingerprint density at radius 1 is 0.850 bits per heavy atom. The Morgan fingerprint density at radius 3 is 2.00 bits per heavy atom. The Hall–Kier alpha value is -0.380. The minimum absolute atomic E-state index is 0.171. The minimum atomic E-state index is -0.510. The molecule has 0 aliphatic heterocycles. The van der Waals surface area contributed by atoms with Gasteiger partial charge in [0.1, 0.15) is 5.82 Å². The second-order valence-electron chi connectivity index (χ2n) is 3.92. The number of rotatable bonds is 3. The Balaban J connectivity index is 2.28. The number of hydrogen-bond donors (Lipinski definition) is 1. The van der Waals surface area contributed by atoms with Crippen LogP contribution in [0, 0.1) is 5.82 Å². The summed E-state index contributed by atoms with van der Waals surface area (Å²) in [4.78, 5) is 0. The maximum absolute atomic E-state index is 13.1. The molecule has 0 saturated heterocycles. The van der Waals surface area contributed by atoms with Crippen LogP contribution in [0.5, 0.6) is 0 Å².